The molecule has 3 rings (SSSR count). The first-order chi connectivity index (χ1) is 14.9. The summed E-state index contributed by atoms with van der Waals surface area (Å²) >= 11 is 6.02. The number of ether oxygens (including phenoxy) is 1. The maximum absolute atomic E-state index is 12.5. The first-order valence-electron chi connectivity index (χ1n) is 10.2. The van der Waals surface area contributed by atoms with Gasteiger partial charge in [0.05, 0.1) is 13.2 Å². The number of nitrogens with one attached hydrogen (secondary N) is 2. The summed E-state index contributed by atoms with van der Waals surface area (Å²) in [7, 11) is 0. The Labute approximate surface area is 186 Å². The number of hydrogen-bond acceptors (Lipinski definition) is 4. The van der Waals surface area contributed by atoms with Crippen LogP contribution in [0.2, 0.25) is 5.02 Å². The number of hydrogen-bond donors (Lipinski definition) is 2. The number of anilines is 1. The molecule has 1 unspecified atom stereocenters. The number of carbonyl (C=O) groups excluding carboxylic acids is 3. The monoisotopic (exact) mass is 443 g/mol. The van der Waals surface area contributed by atoms with Crippen molar-refractivity contribution in [2.75, 3.05) is 31.6 Å². The molecule has 1 aliphatic heterocycles. The molecule has 1 aliphatic rings. The fraction of sp³-hybridized carbons (Fsp3) is 0.348. The molecule has 1 heterocycles. The van der Waals surface area contributed by atoms with Gasteiger partial charge in [0.1, 0.15) is 6.10 Å². The fourth-order valence-electron chi connectivity index (χ4n) is 3.28. The highest BCUT2D eigenvalue weighted by molar-refractivity contribution is 6.39. The molecule has 2 N–H and O–H groups in total. The van der Waals surface area contributed by atoms with Crippen LogP contribution in [-0.4, -0.2) is 48.9 Å². The van der Waals surface area contributed by atoms with Crippen molar-refractivity contribution in [2.45, 2.75) is 25.9 Å². The lowest BCUT2D eigenvalue weighted by atomic mass is 10.1. The Hall–Kier alpha value is -2.90. The van der Waals surface area contributed by atoms with E-state index in [0.29, 0.717) is 36.8 Å². The predicted octanol–water partition coefficient (Wildman–Crippen LogP) is 3.08. The smallest absolute Gasteiger partial charge is 0.313 e. The number of morpholine rings is 1. The van der Waals surface area contributed by atoms with E-state index in [1.807, 2.05) is 37.3 Å². The number of halogens is 1. The summed E-state index contributed by atoms with van der Waals surface area (Å²) in [5.41, 5.74) is 2.38. The van der Waals surface area contributed by atoms with E-state index in [0.717, 1.165) is 11.1 Å². The van der Waals surface area contributed by atoms with Crippen molar-refractivity contribution in [1.29, 1.82) is 0 Å². The van der Waals surface area contributed by atoms with Crippen LogP contribution in [0.5, 0.6) is 0 Å². The van der Waals surface area contributed by atoms with Crippen LogP contribution < -0.4 is 10.6 Å². The number of aryl methyl sites for hydroxylation is 1. The highest BCUT2D eigenvalue weighted by atomic mass is 35.5. The molecule has 7 nitrogen and oxygen atoms in total. The van der Waals surface area contributed by atoms with Crippen molar-refractivity contribution < 1.29 is 19.1 Å². The quantitative estimate of drug-likeness (QED) is 0.530. The third-order valence-corrected chi connectivity index (χ3v) is 5.49. The maximum atomic E-state index is 12.5. The van der Waals surface area contributed by atoms with Crippen molar-refractivity contribution in [3.8, 4) is 0 Å². The molecule has 0 saturated carbocycles. The Morgan fingerprint density at radius 3 is 2.65 bits per heavy atom. The van der Waals surface area contributed by atoms with Gasteiger partial charge in [0, 0.05) is 30.2 Å². The number of rotatable bonds is 6. The Morgan fingerprint density at radius 2 is 1.90 bits per heavy atom. The second kappa shape index (κ2) is 10.9. The lowest BCUT2D eigenvalue weighted by Gasteiger charge is -2.33. The van der Waals surface area contributed by atoms with Crippen LogP contribution in [0.4, 0.5) is 5.69 Å². The van der Waals surface area contributed by atoms with E-state index in [2.05, 4.69) is 10.6 Å². The van der Waals surface area contributed by atoms with Crippen LogP contribution in [0, 0.1) is 6.92 Å². The molecule has 0 aliphatic carbocycles. The molecule has 0 spiro atoms. The summed E-state index contributed by atoms with van der Waals surface area (Å²) < 4.78 is 5.79. The summed E-state index contributed by atoms with van der Waals surface area (Å²) in [5.74, 6) is -1.51. The largest absolute Gasteiger partial charge is 0.370 e. The Morgan fingerprint density at radius 1 is 1.13 bits per heavy atom. The van der Waals surface area contributed by atoms with Crippen LogP contribution >= 0.6 is 11.6 Å². The van der Waals surface area contributed by atoms with Gasteiger partial charge in [-0.25, -0.2) is 0 Å². The van der Waals surface area contributed by atoms with E-state index < -0.39 is 11.8 Å². The van der Waals surface area contributed by atoms with Crippen molar-refractivity contribution in [1.82, 2.24) is 10.2 Å². The third kappa shape index (κ3) is 6.54. The highest BCUT2D eigenvalue weighted by Gasteiger charge is 2.25. The molecule has 2 aromatic carbocycles. The zero-order valence-corrected chi connectivity index (χ0v) is 18.2. The maximum Gasteiger partial charge on any atom is 0.313 e. The van der Waals surface area contributed by atoms with Gasteiger partial charge in [-0.3, -0.25) is 14.4 Å². The second-order valence-electron chi connectivity index (χ2n) is 7.39. The van der Waals surface area contributed by atoms with Crippen LogP contribution in [0.15, 0.2) is 48.5 Å². The molecule has 0 radical (unpaired) electrons. The summed E-state index contributed by atoms with van der Waals surface area (Å²) in [6.45, 7) is 3.64. The normalized spacial score (nSPS) is 15.9. The molecular formula is C23H26ClN3O4. The number of nitrogens with zero attached hydrogens (tertiary/aromatic N) is 1. The Bertz CT molecular complexity index is 936. The van der Waals surface area contributed by atoms with Gasteiger partial charge in [-0.2, -0.15) is 0 Å². The molecule has 1 atom stereocenters. The van der Waals surface area contributed by atoms with Gasteiger partial charge < -0.3 is 20.3 Å². The minimum Gasteiger partial charge on any atom is -0.370 e. The third-order valence-electron chi connectivity index (χ3n) is 5.08. The van der Waals surface area contributed by atoms with Crippen molar-refractivity contribution in [3.63, 3.8) is 0 Å². The molecule has 31 heavy (non-hydrogen) atoms. The molecule has 2 aromatic rings. The van der Waals surface area contributed by atoms with Crippen LogP contribution in [0.3, 0.4) is 0 Å². The van der Waals surface area contributed by atoms with Crippen molar-refractivity contribution in [3.05, 3.63) is 64.7 Å². The van der Waals surface area contributed by atoms with E-state index in [1.165, 1.54) is 0 Å². The average molecular weight is 444 g/mol. The standard InChI is InChI=1S/C23H26ClN3O4/c1-16-9-10-18(14-19(16)24)26-23(30)22(29)25-11-5-8-21(28)27-12-13-31-20(15-27)17-6-3-2-4-7-17/h2-4,6-7,9-10,14,20H,5,8,11-13,15H2,1H3,(H,25,29)(H,26,30). The van der Waals surface area contributed by atoms with E-state index in [1.54, 1.807) is 23.1 Å². The first kappa shape index (κ1) is 22.8. The Balaban J connectivity index is 1.38. The predicted molar refractivity (Wildman–Crippen MR) is 119 cm³/mol. The summed E-state index contributed by atoms with van der Waals surface area (Å²) in [4.78, 5) is 38.3. The molecule has 0 bridgehead atoms. The van der Waals surface area contributed by atoms with Gasteiger partial charge in [-0.1, -0.05) is 48.0 Å². The molecular weight excluding hydrogens is 418 g/mol. The zero-order chi connectivity index (χ0) is 22.2. The Kier molecular flexibility index (Phi) is 8.03. The summed E-state index contributed by atoms with van der Waals surface area (Å²) in [5, 5.41) is 5.56. The van der Waals surface area contributed by atoms with Crippen LogP contribution in [-0.2, 0) is 19.1 Å². The SMILES string of the molecule is Cc1ccc(NC(=O)C(=O)NCCCC(=O)N2CCOC(c3ccccc3)C2)cc1Cl. The van der Waals surface area contributed by atoms with E-state index in [4.69, 9.17) is 16.3 Å². The van der Waals surface area contributed by atoms with Gasteiger partial charge in [0.15, 0.2) is 0 Å². The minimum absolute atomic E-state index is 0.0113. The lowest BCUT2D eigenvalue weighted by molar-refractivity contribution is -0.139. The van der Waals surface area contributed by atoms with E-state index >= 15 is 0 Å². The molecule has 1 saturated heterocycles. The van der Waals surface area contributed by atoms with Crippen LogP contribution in [0.25, 0.3) is 0 Å². The van der Waals surface area contributed by atoms with Crippen molar-refractivity contribution >= 4 is 35.0 Å². The summed E-state index contributed by atoms with van der Waals surface area (Å²) in [6.07, 6.45) is 0.607. The lowest BCUT2D eigenvalue weighted by Crippen LogP contribution is -2.42. The van der Waals surface area contributed by atoms with Crippen molar-refractivity contribution in [2.24, 2.45) is 0 Å². The van der Waals surface area contributed by atoms with Gasteiger partial charge >= 0.3 is 11.8 Å². The van der Waals surface area contributed by atoms with Gasteiger partial charge in [0.25, 0.3) is 0 Å². The topological polar surface area (TPSA) is 87.7 Å². The number of carbonyl (C=O) groups is 3. The van der Waals surface area contributed by atoms with E-state index in [-0.39, 0.29) is 25.0 Å². The van der Waals surface area contributed by atoms with Gasteiger partial charge in [-0.15, -0.1) is 0 Å². The molecule has 164 valence electrons. The first-order valence-corrected chi connectivity index (χ1v) is 10.6. The minimum atomic E-state index is -0.773. The van der Waals surface area contributed by atoms with E-state index in [9.17, 15) is 14.4 Å². The average Bonchev–Trinajstić information content (AvgIpc) is 2.79. The van der Waals surface area contributed by atoms with Gasteiger partial charge in [0.2, 0.25) is 5.91 Å². The molecule has 3 amide bonds. The molecule has 1 fully saturated rings. The summed E-state index contributed by atoms with van der Waals surface area (Å²) in [6, 6.07) is 14.8. The fourth-order valence-corrected chi connectivity index (χ4v) is 3.46. The second-order valence-corrected chi connectivity index (χ2v) is 7.79. The highest BCUT2D eigenvalue weighted by Crippen LogP contribution is 2.22. The zero-order valence-electron chi connectivity index (χ0n) is 17.4. The van der Waals surface area contributed by atoms with Crippen LogP contribution in [0.1, 0.15) is 30.1 Å². The number of amides is 3. The molecule has 8 heteroatoms. The van der Waals surface area contributed by atoms with Gasteiger partial charge in [-0.05, 0) is 36.6 Å². The molecule has 0 aromatic heterocycles. The number of benzene rings is 2.